The molecule has 0 saturated carbocycles. The molecule has 0 N–H and O–H groups in total. The Balaban J connectivity index is 2.61. The van der Waals surface area contributed by atoms with Crippen LogP contribution in [-0.4, -0.2) is 6.21 Å². The first-order valence-corrected chi connectivity index (χ1v) is 3.34. The van der Waals surface area contributed by atoms with Crippen molar-refractivity contribution in [3.8, 4) is 0 Å². The van der Waals surface area contributed by atoms with E-state index in [1.807, 2.05) is 30.4 Å². The summed E-state index contributed by atoms with van der Waals surface area (Å²) in [6.07, 6.45) is 16.2. The van der Waals surface area contributed by atoms with E-state index < -0.39 is 0 Å². The number of rotatable bonds is 0. The van der Waals surface area contributed by atoms with E-state index >= 15 is 0 Å². The Bertz CT molecular complexity index is 210. The van der Waals surface area contributed by atoms with E-state index in [2.05, 4.69) is 5.16 Å². The molecular weight excluding hydrogens is 138 g/mol. The number of hydrogen-bond acceptors (Lipinski definition) is 2. The van der Waals surface area contributed by atoms with Crippen LogP contribution in [0, 0.1) is 0 Å². The van der Waals surface area contributed by atoms with Crippen LogP contribution in [0.5, 0.6) is 0 Å². The molecule has 1 aliphatic heterocycles. The predicted octanol–water partition coefficient (Wildman–Crippen LogP) is 2.18. The van der Waals surface area contributed by atoms with Gasteiger partial charge in [0.05, 0.1) is 6.21 Å². The third kappa shape index (κ3) is 3.92. The molecule has 0 saturated heterocycles. The van der Waals surface area contributed by atoms with Gasteiger partial charge in [-0.15, -0.1) is 0 Å². The maximum Gasteiger partial charge on any atom is 0.122 e. The molecule has 1 aliphatic rings. The van der Waals surface area contributed by atoms with E-state index in [1.165, 1.54) is 6.26 Å². The van der Waals surface area contributed by atoms with Gasteiger partial charge in [0, 0.05) is 0 Å². The molecule has 0 spiro atoms. The van der Waals surface area contributed by atoms with E-state index in [-0.39, 0.29) is 0 Å². The van der Waals surface area contributed by atoms with Crippen LogP contribution in [0.3, 0.4) is 0 Å². The first kappa shape index (κ1) is 7.54. The van der Waals surface area contributed by atoms with Crippen LogP contribution >= 0.6 is 0 Å². The minimum absolute atomic E-state index is 1.51. The van der Waals surface area contributed by atoms with Gasteiger partial charge < -0.3 is 4.84 Å². The van der Waals surface area contributed by atoms with Crippen molar-refractivity contribution in [1.29, 1.82) is 0 Å². The van der Waals surface area contributed by atoms with Crippen molar-refractivity contribution < 1.29 is 4.84 Å². The van der Waals surface area contributed by atoms with Crippen LogP contribution in [0.2, 0.25) is 0 Å². The van der Waals surface area contributed by atoms with Crippen molar-refractivity contribution in [1.82, 2.24) is 0 Å². The molecule has 1 rings (SSSR count). The highest BCUT2D eigenvalue weighted by Crippen LogP contribution is 1.85. The van der Waals surface area contributed by atoms with Crippen LogP contribution in [-0.2, 0) is 4.84 Å². The molecule has 0 unspecified atom stereocenters. The minimum Gasteiger partial charge on any atom is -0.365 e. The molecule has 0 fully saturated rings. The average Bonchev–Trinajstić information content (AvgIpc) is 2.08. The monoisotopic (exact) mass is 147 g/mol. The van der Waals surface area contributed by atoms with Gasteiger partial charge in [0.15, 0.2) is 0 Å². The van der Waals surface area contributed by atoms with Gasteiger partial charge in [-0.3, -0.25) is 0 Å². The van der Waals surface area contributed by atoms with Crippen LogP contribution in [0.25, 0.3) is 0 Å². The van der Waals surface area contributed by atoms with Gasteiger partial charge in [0.2, 0.25) is 0 Å². The van der Waals surface area contributed by atoms with Crippen molar-refractivity contribution in [2.24, 2.45) is 5.16 Å². The molecule has 0 aliphatic carbocycles. The quantitative estimate of drug-likeness (QED) is 0.514. The standard InChI is InChI=1S/C9H9NO/c1-2-4-6-8-10-11-9-7-5-3-1/h1-9H. The molecule has 0 bridgehead atoms. The molecule has 0 aromatic heterocycles. The van der Waals surface area contributed by atoms with Gasteiger partial charge in [0.25, 0.3) is 0 Å². The summed E-state index contributed by atoms with van der Waals surface area (Å²) in [4.78, 5) is 4.72. The van der Waals surface area contributed by atoms with Crippen LogP contribution in [0.1, 0.15) is 0 Å². The Morgan fingerprint density at radius 2 is 1.36 bits per heavy atom. The van der Waals surface area contributed by atoms with Crippen molar-refractivity contribution >= 4 is 6.21 Å². The molecule has 0 aromatic carbocycles. The summed E-state index contributed by atoms with van der Waals surface area (Å²) >= 11 is 0. The topological polar surface area (TPSA) is 21.6 Å². The van der Waals surface area contributed by atoms with E-state index in [4.69, 9.17) is 4.84 Å². The lowest BCUT2D eigenvalue weighted by Gasteiger charge is -1.81. The summed E-state index contributed by atoms with van der Waals surface area (Å²) in [5, 5.41) is 3.61. The lowest BCUT2D eigenvalue weighted by molar-refractivity contribution is 0.271. The van der Waals surface area contributed by atoms with Crippen molar-refractivity contribution in [2.45, 2.75) is 0 Å². The second-order valence-electron chi connectivity index (χ2n) is 1.84. The lowest BCUT2D eigenvalue weighted by atomic mass is 10.4. The van der Waals surface area contributed by atoms with Gasteiger partial charge >= 0.3 is 0 Å². The number of oxime groups is 1. The molecule has 11 heavy (non-hydrogen) atoms. The highest BCUT2D eigenvalue weighted by Gasteiger charge is 1.69. The molecule has 1 heterocycles. The lowest BCUT2D eigenvalue weighted by Crippen LogP contribution is -1.67. The second kappa shape index (κ2) is 5.23. The fourth-order valence-corrected chi connectivity index (χ4v) is 0.556. The third-order valence-electron chi connectivity index (χ3n) is 1.01. The number of hydrogen-bond donors (Lipinski definition) is 0. The van der Waals surface area contributed by atoms with Gasteiger partial charge in [0.1, 0.15) is 6.26 Å². The summed E-state index contributed by atoms with van der Waals surface area (Å²) in [5.74, 6) is 0. The van der Waals surface area contributed by atoms with Crippen LogP contribution in [0.15, 0.2) is 53.9 Å². The zero-order valence-electron chi connectivity index (χ0n) is 6.05. The Morgan fingerprint density at radius 1 is 0.727 bits per heavy atom. The highest BCUT2D eigenvalue weighted by molar-refractivity contribution is 5.70. The maximum absolute atomic E-state index is 4.72. The number of allylic oxidation sites excluding steroid dienone is 7. The summed E-state index contributed by atoms with van der Waals surface area (Å²) in [5.41, 5.74) is 0. The van der Waals surface area contributed by atoms with Crippen molar-refractivity contribution in [3.63, 3.8) is 0 Å². The Labute approximate surface area is 65.9 Å². The van der Waals surface area contributed by atoms with Gasteiger partial charge in [-0.05, 0) is 12.2 Å². The minimum atomic E-state index is 1.51. The fourth-order valence-electron chi connectivity index (χ4n) is 0.556. The Morgan fingerprint density at radius 3 is 2.18 bits per heavy atom. The largest absolute Gasteiger partial charge is 0.365 e. The molecule has 56 valence electrons. The Hall–Kier alpha value is -1.57. The molecule has 2 heteroatoms. The van der Waals surface area contributed by atoms with E-state index in [9.17, 15) is 0 Å². The zero-order chi connectivity index (χ0) is 7.78. The molecule has 0 amide bonds. The maximum atomic E-state index is 4.72. The summed E-state index contributed by atoms with van der Waals surface area (Å²) < 4.78 is 0. The van der Waals surface area contributed by atoms with Gasteiger partial charge in [-0.25, -0.2) is 0 Å². The number of nitrogens with zero attached hydrogens (tertiary/aromatic N) is 1. The van der Waals surface area contributed by atoms with Crippen molar-refractivity contribution in [3.05, 3.63) is 48.8 Å². The Kier molecular flexibility index (Phi) is 3.59. The van der Waals surface area contributed by atoms with Crippen molar-refractivity contribution in [2.75, 3.05) is 0 Å². The fraction of sp³-hybridized carbons (Fsp3) is 0. The molecule has 0 radical (unpaired) electrons. The second-order valence-corrected chi connectivity index (χ2v) is 1.84. The zero-order valence-corrected chi connectivity index (χ0v) is 6.05. The van der Waals surface area contributed by atoms with E-state index in [1.54, 1.807) is 18.4 Å². The summed E-state index contributed by atoms with van der Waals surface area (Å²) in [6, 6.07) is 0. The van der Waals surface area contributed by atoms with Gasteiger partial charge in [-0.1, -0.05) is 35.5 Å². The normalized spacial score (nSPS) is 16.0. The average molecular weight is 147 g/mol. The molecular formula is C9H9NO. The smallest absolute Gasteiger partial charge is 0.122 e. The predicted molar refractivity (Wildman–Crippen MR) is 46.1 cm³/mol. The molecule has 0 aromatic rings. The first-order valence-electron chi connectivity index (χ1n) is 3.34. The SMILES string of the molecule is C1=CC=CC=NOC=CC=C1. The first-order chi connectivity index (χ1) is 5.50. The third-order valence-corrected chi connectivity index (χ3v) is 1.01. The van der Waals surface area contributed by atoms with Gasteiger partial charge in [-0.2, -0.15) is 0 Å². The van der Waals surface area contributed by atoms with E-state index in [0.717, 1.165) is 0 Å². The highest BCUT2D eigenvalue weighted by atomic mass is 16.6. The summed E-state index contributed by atoms with van der Waals surface area (Å²) in [6.45, 7) is 0. The summed E-state index contributed by atoms with van der Waals surface area (Å²) in [7, 11) is 0. The van der Waals surface area contributed by atoms with Crippen LogP contribution < -0.4 is 0 Å². The molecule has 0 atom stereocenters. The van der Waals surface area contributed by atoms with Crippen LogP contribution in [0.4, 0.5) is 0 Å². The van der Waals surface area contributed by atoms with E-state index in [0.29, 0.717) is 0 Å². The molecule has 2 nitrogen and oxygen atoms in total.